The van der Waals surface area contributed by atoms with E-state index in [4.69, 9.17) is 11.6 Å². The Morgan fingerprint density at radius 3 is 2.67 bits per heavy atom. The highest BCUT2D eigenvalue weighted by Gasteiger charge is 2.19. The van der Waals surface area contributed by atoms with Gasteiger partial charge in [0.2, 0.25) is 10.0 Å². The van der Waals surface area contributed by atoms with Gasteiger partial charge in [-0.1, -0.05) is 11.6 Å². The van der Waals surface area contributed by atoms with Crippen molar-refractivity contribution in [2.24, 2.45) is 0 Å². The predicted octanol–water partition coefficient (Wildman–Crippen LogP) is 2.95. The maximum atomic E-state index is 13.1. The molecule has 0 saturated carbocycles. The number of nitrogens with one attached hydrogen (secondary N) is 1. The zero-order valence-electron chi connectivity index (χ0n) is 12.9. The van der Waals surface area contributed by atoms with Crippen LogP contribution in [-0.2, 0) is 16.6 Å². The second-order valence-electron chi connectivity index (χ2n) is 5.62. The summed E-state index contributed by atoms with van der Waals surface area (Å²) in [5, 5.41) is -0.144. The Morgan fingerprint density at radius 1 is 1.21 bits per heavy atom. The number of pyridine rings is 1. The zero-order valence-corrected chi connectivity index (χ0v) is 14.4. The first kappa shape index (κ1) is 17.1. The van der Waals surface area contributed by atoms with Crippen molar-refractivity contribution in [1.29, 1.82) is 0 Å². The van der Waals surface area contributed by atoms with Crippen molar-refractivity contribution in [2.75, 3.05) is 18.0 Å². The molecule has 24 heavy (non-hydrogen) atoms. The molecule has 1 aromatic carbocycles. The molecule has 1 aliphatic heterocycles. The molecule has 0 unspecified atom stereocenters. The van der Waals surface area contributed by atoms with Gasteiger partial charge >= 0.3 is 0 Å². The van der Waals surface area contributed by atoms with Gasteiger partial charge in [0.25, 0.3) is 0 Å². The fourth-order valence-electron chi connectivity index (χ4n) is 2.64. The van der Waals surface area contributed by atoms with Crippen LogP contribution in [0.25, 0.3) is 0 Å². The van der Waals surface area contributed by atoms with E-state index in [1.54, 1.807) is 12.3 Å². The molecule has 3 rings (SSSR count). The van der Waals surface area contributed by atoms with E-state index in [1.165, 1.54) is 0 Å². The van der Waals surface area contributed by atoms with E-state index in [0.29, 0.717) is 0 Å². The summed E-state index contributed by atoms with van der Waals surface area (Å²) in [5.41, 5.74) is 0.800. The average Bonchev–Trinajstić information content (AvgIpc) is 3.07. The molecule has 5 nitrogen and oxygen atoms in total. The Labute approximate surface area is 145 Å². The standard InChI is InChI=1S/C16H17ClFN3O2S/c17-14-10-13(18)3-4-15(14)24(22,23)20-11-12-5-6-19-16(9-12)21-7-1-2-8-21/h3-6,9-10,20H,1-2,7-8,11H2. The van der Waals surface area contributed by atoms with Crippen molar-refractivity contribution in [3.8, 4) is 0 Å². The van der Waals surface area contributed by atoms with E-state index in [-0.39, 0.29) is 16.5 Å². The van der Waals surface area contributed by atoms with Crippen molar-refractivity contribution >= 4 is 27.4 Å². The predicted molar refractivity (Wildman–Crippen MR) is 91.1 cm³/mol. The third kappa shape index (κ3) is 3.85. The summed E-state index contributed by atoms with van der Waals surface area (Å²) in [7, 11) is -3.82. The highest BCUT2D eigenvalue weighted by Crippen LogP contribution is 2.23. The number of halogens is 2. The van der Waals surface area contributed by atoms with Crippen molar-refractivity contribution in [3.63, 3.8) is 0 Å². The van der Waals surface area contributed by atoms with Gasteiger partial charge in [0.15, 0.2) is 0 Å². The van der Waals surface area contributed by atoms with Gasteiger partial charge in [-0.2, -0.15) is 0 Å². The van der Waals surface area contributed by atoms with Gasteiger partial charge in [-0.15, -0.1) is 0 Å². The largest absolute Gasteiger partial charge is 0.357 e. The lowest BCUT2D eigenvalue weighted by molar-refractivity contribution is 0.580. The summed E-state index contributed by atoms with van der Waals surface area (Å²) in [6.45, 7) is 2.04. The average molecular weight is 370 g/mol. The first-order valence-electron chi connectivity index (χ1n) is 7.60. The Balaban J connectivity index is 1.73. The lowest BCUT2D eigenvalue weighted by Gasteiger charge is -2.17. The smallest absolute Gasteiger partial charge is 0.242 e. The second kappa shape index (κ2) is 7.04. The highest BCUT2D eigenvalue weighted by molar-refractivity contribution is 7.89. The van der Waals surface area contributed by atoms with Gasteiger partial charge in [-0.25, -0.2) is 22.5 Å². The first-order valence-corrected chi connectivity index (χ1v) is 9.46. The molecule has 0 radical (unpaired) electrons. The van der Waals surface area contributed by atoms with Crippen LogP contribution in [0, 0.1) is 5.82 Å². The molecule has 1 fully saturated rings. The van der Waals surface area contributed by atoms with Crippen LogP contribution in [0.5, 0.6) is 0 Å². The van der Waals surface area contributed by atoms with Crippen molar-refractivity contribution in [1.82, 2.24) is 9.71 Å². The van der Waals surface area contributed by atoms with E-state index < -0.39 is 15.8 Å². The van der Waals surface area contributed by atoms with Crippen LogP contribution >= 0.6 is 11.6 Å². The molecule has 1 aliphatic rings. The summed E-state index contributed by atoms with van der Waals surface area (Å²) in [6, 6.07) is 6.84. The van der Waals surface area contributed by atoms with Gasteiger partial charge in [0.1, 0.15) is 16.5 Å². The third-order valence-corrected chi connectivity index (χ3v) is 5.77. The summed E-state index contributed by atoms with van der Waals surface area (Å²) >= 11 is 5.83. The van der Waals surface area contributed by atoms with E-state index in [2.05, 4.69) is 14.6 Å². The number of aromatic nitrogens is 1. The van der Waals surface area contributed by atoms with Gasteiger partial charge in [0, 0.05) is 25.8 Å². The molecule has 1 aromatic heterocycles. The maximum Gasteiger partial charge on any atom is 0.242 e. The van der Waals surface area contributed by atoms with Crippen LogP contribution in [0.15, 0.2) is 41.4 Å². The van der Waals surface area contributed by atoms with Crippen molar-refractivity contribution < 1.29 is 12.8 Å². The Bertz CT molecular complexity index is 839. The minimum Gasteiger partial charge on any atom is -0.357 e. The van der Waals surface area contributed by atoms with E-state index >= 15 is 0 Å². The zero-order chi connectivity index (χ0) is 17.2. The minimum atomic E-state index is -3.82. The number of hydrogen-bond acceptors (Lipinski definition) is 4. The normalized spacial score (nSPS) is 15.0. The monoisotopic (exact) mass is 369 g/mol. The van der Waals surface area contributed by atoms with Gasteiger partial charge in [-0.3, -0.25) is 0 Å². The first-order chi connectivity index (χ1) is 11.5. The molecule has 1 N–H and O–H groups in total. The quantitative estimate of drug-likeness (QED) is 0.880. The fraction of sp³-hybridized carbons (Fsp3) is 0.312. The highest BCUT2D eigenvalue weighted by atomic mass is 35.5. The van der Waals surface area contributed by atoms with E-state index in [0.717, 1.165) is 55.5 Å². The molecule has 0 bridgehead atoms. The molecule has 0 atom stereocenters. The molecule has 2 aromatic rings. The number of nitrogens with zero attached hydrogens (tertiary/aromatic N) is 2. The molecular weight excluding hydrogens is 353 g/mol. The fourth-order valence-corrected chi connectivity index (χ4v) is 4.19. The lowest BCUT2D eigenvalue weighted by Crippen LogP contribution is -2.24. The van der Waals surface area contributed by atoms with Crippen LogP contribution in [-0.4, -0.2) is 26.5 Å². The van der Waals surface area contributed by atoms with Crippen molar-refractivity contribution in [2.45, 2.75) is 24.3 Å². The molecule has 0 amide bonds. The molecule has 1 saturated heterocycles. The number of anilines is 1. The molecule has 128 valence electrons. The minimum absolute atomic E-state index is 0.111. The lowest BCUT2D eigenvalue weighted by atomic mass is 10.2. The van der Waals surface area contributed by atoms with Crippen LogP contribution in [0.4, 0.5) is 10.2 Å². The number of sulfonamides is 1. The van der Waals surface area contributed by atoms with Gasteiger partial charge < -0.3 is 4.90 Å². The topological polar surface area (TPSA) is 62.3 Å². The third-order valence-electron chi connectivity index (χ3n) is 3.89. The van der Waals surface area contributed by atoms with Crippen molar-refractivity contribution in [3.05, 3.63) is 52.9 Å². The summed E-state index contributed by atoms with van der Waals surface area (Å²) in [4.78, 5) is 6.37. The SMILES string of the molecule is O=S(=O)(NCc1ccnc(N2CCCC2)c1)c1ccc(F)cc1Cl. The summed E-state index contributed by atoms with van der Waals surface area (Å²) < 4.78 is 40.2. The molecule has 0 aliphatic carbocycles. The van der Waals surface area contributed by atoms with Crippen LogP contribution in [0.1, 0.15) is 18.4 Å². The van der Waals surface area contributed by atoms with Crippen LogP contribution < -0.4 is 9.62 Å². The Kier molecular flexibility index (Phi) is 5.03. The Morgan fingerprint density at radius 2 is 1.96 bits per heavy atom. The molecule has 2 heterocycles. The summed E-state index contributed by atoms with van der Waals surface area (Å²) in [5.74, 6) is 0.271. The second-order valence-corrected chi connectivity index (χ2v) is 7.76. The van der Waals surface area contributed by atoms with Gasteiger partial charge in [0.05, 0.1) is 5.02 Å². The molecular formula is C16H17ClFN3O2S. The summed E-state index contributed by atoms with van der Waals surface area (Å²) in [6.07, 6.45) is 3.95. The Hall–Kier alpha value is -1.70. The van der Waals surface area contributed by atoms with Gasteiger partial charge in [-0.05, 0) is 48.7 Å². The number of rotatable bonds is 5. The van der Waals surface area contributed by atoms with Crippen LogP contribution in [0.2, 0.25) is 5.02 Å². The molecule has 0 spiro atoms. The number of hydrogen-bond donors (Lipinski definition) is 1. The maximum absolute atomic E-state index is 13.1. The van der Waals surface area contributed by atoms with E-state index in [1.807, 2.05) is 6.07 Å². The number of benzene rings is 1. The van der Waals surface area contributed by atoms with E-state index in [9.17, 15) is 12.8 Å². The molecule has 8 heteroatoms. The van der Waals surface area contributed by atoms with Crippen LogP contribution in [0.3, 0.4) is 0 Å².